The van der Waals surface area contributed by atoms with Crippen molar-refractivity contribution in [1.29, 1.82) is 0 Å². The summed E-state index contributed by atoms with van der Waals surface area (Å²) in [6.45, 7) is 1.77. The predicted molar refractivity (Wildman–Crippen MR) is 90.3 cm³/mol. The number of aliphatic hydroxyl groups excluding tert-OH is 1. The van der Waals surface area contributed by atoms with Crippen molar-refractivity contribution in [2.45, 2.75) is 19.4 Å². The fourth-order valence-corrected chi connectivity index (χ4v) is 2.44. The Morgan fingerprint density at radius 1 is 1.13 bits per heavy atom. The lowest BCUT2D eigenvalue weighted by atomic mass is 9.99. The van der Waals surface area contributed by atoms with E-state index in [0.717, 1.165) is 16.9 Å². The zero-order valence-corrected chi connectivity index (χ0v) is 13.5. The van der Waals surface area contributed by atoms with E-state index in [0.29, 0.717) is 6.42 Å². The highest BCUT2D eigenvalue weighted by Crippen LogP contribution is 2.16. The van der Waals surface area contributed by atoms with Gasteiger partial charge in [-0.25, -0.2) is 0 Å². The summed E-state index contributed by atoms with van der Waals surface area (Å²) in [4.78, 5) is 12.4. The van der Waals surface area contributed by atoms with Crippen LogP contribution in [0, 0.1) is 5.92 Å². The SMILES string of the molecule is COc1ccc(CC(C)C(=O)NC(CO)c2ccccc2)cc1. The monoisotopic (exact) mass is 313 g/mol. The first kappa shape index (κ1) is 17.0. The number of methoxy groups -OCH3 is 1. The topological polar surface area (TPSA) is 58.6 Å². The summed E-state index contributed by atoms with van der Waals surface area (Å²) in [5.74, 6) is 0.556. The standard InChI is InChI=1S/C19H23NO3/c1-14(12-15-8-10-17(23-2)11-9-15)19(22)20-18(13-21)16-6-4-3-5-7-16/h3-11,14,18,21H,12-13H2,1-2H3,(H,20,22). The van der Waals surface area contributed by atoms with Crippen LogP contribution in [-0.2, 0) is 11.2 Å². The number of ether oxygens (including phenoxy) is 1. The second-order valence-electron chi connectivity index (χ2n) is 5.61. The average molecular weight is 313 g/mol. The molecule has 2 unspecified atom stereocenters. The third-order valence-electron chi connectivity index (χ3n) is 3.85. The molecular formula is C19H23NO3. The van der Waals surface area contributed by atoms with Gasteiger partial charge in [-0.1, -0.05) is 49.4 Å². The number of nitrogens with one attached hydrogen (secondary N) is 1. The molecule has 0 saturated heterocycles. The van der Waals surface area contributed by atoms with Gasteiger partial charge in [-0.15, -0.1) is 0 Å². The van der Waals surface area contributed by atoms with Gasteiger partial charge in [-0.2, -0.15) is 0 Å². The lowest BCUT2D eigenvalue weighted by Crippen LogP contribution is -2.35. The van der Waals surface area contributed by atoms with Gasteiger partial charge in [0.2, 0.25) is 5.91 Å². The van der Waals surface area contributed by atoms with Crippen molar-refractivity contribution in [2.75, 3.05) is 13.7 Å². The zero-order valence-electron chi connectivity index (χ0n) is 13.5. The number of amides is 1. The lowest BCUT2D eigenvalue weighted by Gasteiger charge is -2.20. The van der Waals surface area contributed by atoms with E-state index in [1.54, 1.807) is 7.11 Å². The lowest BCUT2D eigenvalue weighted by molar-refractivity contribution is -0.125. The number of hydrogen-bond acceptors (Lipinski definition) is 3. The summed E-state index contributed by atoms with van der Waals surface area (Å²) in [5.41, 5.74) is 1.98. The highest BCUT2D eigenvalue weighted by Gasteiger charge is 2.18. The van der Waals surface area contributed by atoms with E-state index in [9.17, 15) is 9.90 Å². The van der Waals surface area contributed by atoms with Crippen molar-refractivity contribution in [3.63, 3.8) is 0 Å². The normalized spacial score (nSPS) is 13.2. The van der Waals surface area contributed by atoms with E-state index in [-0.39, 0.29) is 24.5 Å². The van der Waals surface area contributed by atoms with Gasteiger partial charge in [-0.05, 0) is 29.7 Å². The van der Waals surface area contributed by atoms with Gasteiger partial charge >= 0.3 is 0 Å². The second-order valence-corrected chi connectivity index (χ2v) is 5.61. The number of carbonyl (C=O) groups is 1. The highest BCUT2D eigenvalue weighted by atomic mass is 16.5. The van der Waals surface area contributed by atoms with E-state index in [1.165, 1.54) is 0 Å². The fourth-order valence-electron chi connectivity index (χ4n) is 2.44. The molecule has 0 heterocycles. The summed E-state index contributed by atoms with van der Waals surface area (Å²) < 4.78 is 5.13. The molecule has 0 saturated carbocycles. The Bertz CT molecular complexity index is 610. The molecule has 4 nitrogen and oxygen atoms in total. The van der Waals surface area contributed by atoms with Crippen LogP contribution in [0.3, 0.4) is 0 Å². The van der Waals surface area contributed by atoms with Crippen LogP contribution in [0.4, 0.5) is 0 Å². The number of benzene rings is 2. The van der Waals surface area contributed by atoms with Crippen molar-refractivity contribution in [3.8, 4) is 5.75 Å². The van der Waals surface area contributed by atoms with Gasteiger partial charge in [0.25, 0.3) is 0 Å². The van der Waals surface area contributed by atoms with Crippen LogP contribution < -0.4 is 10.1 Å². The molecule has 1 amide bonds. The molecule has 2 atom stereocenters. The van der Waals surface area contributed by atoms with Crippen LogP contribution >= 0.6 is 0 Å². The first-order chi connectivity index (χ1) is 11.1. The van der Waals surface area contributed by atoms with E-state index in [2.05, 4.69) is 5.32 Å². The Hall–Kier alpha value is -2.33. The summed E-state index contributed by atoms with van der Waals surface area (Å²) in [6, 6.07) is 16.8. The van der Waals surface area contributed by atoms with Crippen LogP contribution in [0.15, 0.2) is 54.6 Å². The number of rotatable bonds is 7. The fraction of sp³-hybridized carbons (Fsp3) is 0.316. The van der Waals surface area contributed by atoms with Crippen molar-refractivity contribution < 1.29 is 14.6 Å². The molecule has 2 rings (SSSR count). The van der Waals surface area contributed by atoms with Crippen LogP contribution in [0.1, 0.15) is 24.1 Å². The maximum absolute atomic E-state index is 12.4. The molecule has 0 aliphatic rings. The first-order valence-electron chi connectivity index (χ1n) is 7.73. The molecule has 4 heteroatoms. The highest BCUT2D eigenvalue weighted by molar-refractivity contribution is 5.79. The Labute approximate surface area is 137 Å². The minimum absolute atomic E-state index is 0.0660. The smallest absolute Gasteiger partial charge is 0.223 e. The van der Waals surface area contributed by atoms with E-state index >= 15 is 0 Å². The third kappa shape index (κ3) is 4.83. The second kappa shape index (κ2) is 8.34. The van der Waals surface area contributed by atoms with Crippen LogP contribution in [0.25, 0.3) is 0 Å². The van der Waals surface area contributed by atoms with Crippen molar-refractivity contribution in [2.24, 2.45) is 5.92 Å². The molecule has 2 aromatic carbocycles. The first-order valence-corrected chi connectivity index (χ1v) is 7.73. The molecule has 0 bridgehead atoms. The minimum Gasteiger partial charge on any atom is -0.497 e. The molecular weight excluding hydrogens is 290 g/mol. The molecule has 0 fully saturated rings. The number of hydrogen-bond donors (Lipinski definition) is 2. The van der Waals surface area contributed by atoms with Crippen molar-refractivity contribution >= 4 is 5.91 Å². The molecule has 2 aromatic rings. The van der Waals surface area contributed by atoms with Crippen LogP contribution in [0.2, 0.25) is 0 Å². The third-order valence-corrected chi connectivity index (χ3v) is 3.85. The van der Waals surface area contributed by atoms with Gasteiger partial charge in [0.05, 0.1) is 19.8 Å². The van der Waals surface area contributed by atoms with E-state index in [1.807, 2.05) is 61.5 Å². The van der Waals surface area contributed by atoms with Gasteiger partial charge in [-0.3, -0.25) is 4.79 Å². The molecule has 0 aliphatic carbocycles. The van der Waals surface area contributed by atoms with Gasteiger partial charge in [0, 0.05) is 5.92 Å². The van der Waals surface area contributed by atoms with Gasteiger partial charge in [0.15, 0.2) is 0 Å². The van der Waals surface area contributed by atoms with Crippen LogP contribution in [-0.4, -0.2) is 24.7 Å². The summed E-state index contributed by atoms with van der Waals surface area (Å²) in [6.07, 6.45) is 0.642. The Morgan fingerprint density at radius 3 is 2.35 bits per heavy atom. The van der Waals surface area contributed by atoms with Gasteiger partial charge < -0.3 is 15.2 Å². The quantitative estimate of drug-likeness (QED) is 0.826. The zero-order chi connectivity index (χ0) is 16.7. The van der Waals surface area contributed by atoms with E-state index in [4.69, 9.17) is 4.74 Å². The van der Waals surface area contributed by atoms with Crippen molar-refractivity contribution in [3.05, 3.63) is 65.7 Å². The van der Waals surface area contributed by atoms with Crippen molar-refractivity contribution in [1.82, 2.24) is 5.32 Å². The summed E-state index contributed by atoms with van der Waals surface area (Å²) in [5, 5.41) is 12.4. The number of aliphatic hydroxyl groups is 1. The van der Waals surface area contributed by atoms with E-state index < -0.39 is 0 Å². The molecule has 0 spiro atoms. The van der Waals surface area contributed by atoms with Crippen LogP contribution in [0.5, 0.6) is 5.75 Å². The predicted octanol–water partition coefficient (Wildman–Crippen LogP) is 2.72. The molecule has 122 valence electrons. The molecule has 23 heavy (non-hydrogen) atoms. The Kier molecular flexibility index (Phi) is 6.18. The Balaban J connectivity index is 1.95. The summed E-state index contributed by atoms with van der Waals surface area (Å²) in [7, 11) is 1.63. The molecule has 2 N–H and O–H groups in total. The average Bonchev–Trinajstić information content (AvgIpc) is 2.60. The Morgan fingerprint density at radius 2 is 1.78 bits per heavy atom. The molecule has 0 aliphatic heterocycles. The number of carbonyl (C=O) groups excluding carboxylic acids is 1. The summed E-state index contributed by atoms with van der Waals surface area (Å²) >= 11 is 0. The molecule has 0 aromatic heterocycles. The largest absolute Gasteiger partial charge is 0.497 e. The maximum atomic E-state index is 12.4. The minimum atomic E-state index is -0.373. The van der Waals surface area contributed by atoms with Gasteiger partial charge in [0.1, 0.15) is 5.75 Å². The maximum Gasteiger partial charge on any atom is 0.223 e. The molecule has 0 radical (unpaired) electrons.